The third-order valence-electron chi connectivity index (χ3n) is 3.89. The largest absolute Gasteiger partial charge is 0.492 e. The van der Waals surface area contributed by atoms with Crippen LogP contribution in [0.2, 0.25) is 0 Å². The summed E-state index contributed by atoms with van der Waals surface area (Å²) in [5, 5.41) is 5.11. The minimum atomic E-state index is 0.134. The highest BCUT2D eigenvalue weighted by molar-refractivity contribution is 6.00. The van der Waals surface area contributed by atoms with Gasteiger partial charge in [0.2, 0.25) is 0 Å². The van der Waals surface area contributed by atoms with Gasteiger partial charge in [-0.15, -0.1) is 0 Å². The monoisotopic (exact) mass is 288 g/mol. The van der Waals surface area contributed by atoms with Crippen LogP contribution in [0.25, 0.3) is 5.70 Å². The molecule has 0 bridgehead atoms. The van der Waals surface area contributed by atoms with Gasteiger partial charge in [-0.05, 0) is 39.1 Å². The number of nitrogens with zero attached hydrogens (tertiary/aromatic N) is 1. The summed E-state index contributed by atoms with van der Waals surface area (Å²) in [6.45, 7) is 2.45. The number of hydrogen-bond donors (Lipinski definition) is 2. The van der Waals surface area contributed by atoms with Crippen LogP contribution < -0.4 is 15.4 Å². The molecule has 2 aliphatic heterocycles. The van der Waals surface area contributed by atoms with E-state index in [0.717, 1.165) is 54.2 Å². The lowest BCUT2D eigenvalue weighted by Gasteiger charge is -2.25. The van der Waals surface area contributed by atoms with Gasteiger partial charge in [-0.3, -0.25) is 0 Å². The molecular weight excluding hydrogens is 266 g/mol. The number of carbonyl (C=O) groups excluding carboxylic acids is 1. The third-order valence-corrected chi connectivity index (χ3v) is 3.89. The first-order chi connectivity index (χ1) is 10.1. The first kappa shape index (κ1) is 14.1. The normalized spacial score (nSPS) is 17.4. The predicted octanol–water partition coefficient (Wildman–Crippen LogP) is 0.457. The minimum Gasteiger partial charge on any atom is -0.492 e. The third kappa shape index (κ3) is 2.94. The second kappa shape index (κ2) is 5.87. The molecule has 112 valence electrons. The molecule has 0 saturated heterocycles. The summed E-state index contributed by atoms with van der Waals surface area (Å²) in [4.78, 5) is 14.3. The molecule has 0 fully saturated rings. The van der Waals surface area contributed by atoms with Crippen LogP contribution in [-0.2, 0) is 4.79 Å². The smallest absolute Gasteiger partial charge is 0.345 e. The molecule has 0 spiro atoms. The topological polar surface area (TPSA) is 58.2 Å². The van der Waals surface area contributed by atoms with E-state index in [0.29, 0.717) is 6.61 Å². The van der Waals surface area contributed by atoms with Crippen LogP contribution >= 0.6 is 0 Å². The van der Waals surface area contributed by atoms with Crippen LogP contribution in [0, 0.1) is 0 Å². The molecule has 5 heteroatoms. The molecule has 0 atom stereocenters. The molecule has 1 aromatic rings. The van der Waals surface area contributed by atoms with Crippen molar-refractivity contribution in [1.82, 2.24) is 10.2 Å². The number of rotatable bonds is 4. The van der Waals surface area contributed by atoms with E-state index < -0.39 is 0 Å². The summed E-state index contributed by atoms with van der Waals surface area (Å²) in [5.74, 6) is 0.953. The van der Waals surface area contributed by atoms with Gasteiger partial charge in [-0.2, -0.15) is 0 Å². The molecular formula is C16H22N3O2+. The van der Waals surface area contributed by atoms with Crippen molar-refractivity contribution in [2.75, 3.05) is 33.8 Å². The first-order valence-electron chi connectivity index (χ1n) is 7.43. The Labute approximate surface area is 125 Å². The van der Waals surface area contributed by atoms with Crippen molar-refractivity contribution in [1.29, 1.82) is 0 Å². The fourth-order valence-electron chi connectivity index (χ4n) is 2.77. The number of benzene rings is 1. The van der Waals surface area contributed by atoms with Crippen LogP contribution in [0.4, 0.5) is 5.69 Å². The zero-order chi connectivity index (χ0) is 14.8. The molecule has 3 rings (SSSR count). The van der Waals surface area contributed by atoms with Crippen molar-refractivity contribution in [3.05, 3.63) is 29.3 Å². The summed E-state index contributed by atoms with van der Waals surface area (Å²) in [5.41, 5.74) is 4.01. The van der Waals surface area contributed by atoms with Crippen LogP contribution in [-0.4, -0.2) is 44.6 Å². The maximum absolute atomic E-state index is 12.2. The highest BCUT2D eigenvalue weighted by atomic mass is 16.5. The van der Waals surface area contributed by atoms with Gasteiger partial charge in [0.15, 0.2) is 0 Å². The molecule has 0 radical (unpaired) electrons. The molecule has 0 aromatic heterocycles. The molecule has 2 aliphatic rings. The lowest BCUT2D eigenvalue weighted by molar-refractivity contribution is -0.480. The van der Waals surface area contributed by atoms with Gasteiger partial charge in [0.05, 0.1) is 16.8 Å². The summed E-state index contributed by atoms with van der Waals surface area (Å²) in [7, 11) is 4.04. The molecule has 21 heavy (non-hydrogen) atoms. The lowest BCUT2D eigenvalue weighted by Crippen LogP contribution is -2.84. The molecule has 1 aromatic carbocycles. The number of amides is 1. The summed E-state index contributed by atoms with van der Waals surface area (Å²) >= 11 is 0. The van der Waals surface area contributed by atoms with Crippen LogP contribution in [0.1, 0.15) is 18.4 Å². The average molecular weight is 288 g/mol. The molecule has 1 amide bonds. The summed E-state index contributed by atoms with van der Waals surface area (Å²) in [6, 6.07) is 6.00. The van der Waals surface area contributed by atoms with Crippen molar-refractivity contribution in [3.63, 3.8) is 0 Å². The Balaban J connectivity index is 1.82. The molecule has 0 aliphatic carbocycles. The SMILES string of the molecule is CN(C)CCOc1ccc2c(c1)[NH2+]C(=O)C1=C2NCCC1. The Morgan fingerprint density at radius 3 is 3.05 bits per heavy atom. The predicted molar refractivity (Wildman–Crippen MR) is 81.2 cm³/mol. The minimum absolute atomic E-state index is 0.134. The van der Waals surface area contributed by atoms with Crippen LogP contribution in [0.15, 0.2) is 23.8 Å². The molecule has 5 nitrogen and oxygen atoms in total. The lowest BCUT2D eigenvalue weighted by atomic mass is 9.94. The molecule has 2 heterocycles. The number of carbonyl (C=O) groups is 1. The maximum atomic E-state index is 12.2. The number of ether oxygens (including phenoxy) is 1. The Hall–Kier alpha value is -1.85. The standard InChI is InChI=1S/C16H21N3O2/c1-19(2)8-9-21-11-5-6-12-14(10-11)18-16(20)13-4-3-7-17-15(12)13/h5-6,10,17H,3-4,7-9H2,1-2H3,(H,18,20)/p+1. The van der Waals surface area contributed by atoms with Gasteiger partial charge in [-0.25, -0.2) is 10.1 Å². The van der Waals surface area contributed by atoms with E-state index in [1.807, 2.05) is 26.2 Å². The van der Waals surface area contributed by atoms with Crippen molar-refractivity contribution in [2.24, 2.45) is 0 Å². The van der Waals surface area contributed by atoms with E-state index in [4.69, 9.17) is 4.74 Å². The van der Waals surface area contributed by atoms with E-state index in [1.165, 1.54) is 0 Å². The number of likely N-dealkylation sites (N-methyl/N-ethyl adjacent to an activating group) is 1. The van der Waals surface area contributed by atoms with E-state index in [1.54, 1.807) is 5.32 Å². The average Bonchev–Trinajstić information content (AvgIpc) is 2.47. The number of quaternary nitrogens is 1. The fourth-order valence-corrected chi connectivity index (χ4v) is 2.77. The number of nitrogens with two attached hydrogens (primary N) is 1. The van der Waals surface area contributed by atoms with Gasteiger partial charge in [0, 0.05) is 19.2 Å². The molecule has 3 N–H and O–H groups in total. The van der Waals surface area contributed by atoms with Crippen LogP contribution in [0.5, 0.6) is 5.75 Å². The van der Waals surface area contributed by atoms with Crippen molar-refractivity contribution in [3.8, 4) is 5.75 Å². The van der Waals surface area contributed by atoms with Gasteiger partial charge in [-0.1, -0.05) is 0 Å². The zero-order valence-electron chi connectivity index (χ0n) is 12.6. The van der Waals surface area contributed by atoms with E-state index in [9.17, 15) is 4.79 Å². The highest BCUT2D eigenvalue weighted by Crippen LogP contribution is 2.31. The Kier molecular flexibility index (Phi) is 3.94. The summed E-state index contributed by atoms with van der Waals surface area (Å²) in [6.07, 6.45) is 1.90. The fraction of sp³-hybridized carbons (Fsp3) is 0.438. The van der Waals surface area contributed by atoms with E-state index >= 15 is 0 Å². The number of fused-ring (bicyclic) bond motifs is 2. The van der Waals surface area contributed by atoms with E-state index in [-0.39, 0.29) is 5.91 Å². The Bertz CT molecular complexity index is 593. The van der Waals surface area contributed by atoms with Crippen molar-refractivity contribution >= 4 is 17.3 Å². The van der Waals surface area contributed by atoms with Crippen molar-refractivity contribution < 1.29 is 14.8 Å². The van der Waals surface area contributed by atoms with Gasteiger partial charge in [0.1, 0.15) is 18.0 Å². The molecule has 0 unspecified atom stereocenters. The second-order valence-electron chi connectivity index (χ2n) is 5.79. The Morgan fingerprint density at radius 1 is 1.38 bits per heavy atom. The quantitative estimate of drug-likeness (QED) is 0.790. The zero-order valence-corrected chi connectivity index (χ0v) is 12.6. The second-order valence-corrected chi connectivity index (χ2v) is 5.79. The van der Waals surface area contributed by atoms with Gasteiger partial charge >= 0.3 is 5.91 Å². The Morgan fingerprint density at radius 2 is 2.24 bits per heavy atom. The number of nitrogens with one attached hydrogen (secondary N) is 1. The van der Waals surface area contributed by atoms with Crippen LogP contribution in [0.3, 0.4) is 0 Å². The van der Waals surface area contributed by atoms with E-state index in [2.05, 4.69) is 16.3 Å². The summed E-state index contributed by atoms with van der Waals surface area (Å²) < 4.78 is 5.74. The van der Waals surface area contributed by atoms with Crippen molar-refractivity contribution in [2.45, 2.75) is 12.8 Å². The van der Waals surface area contributed by atoms with Gasteiger partial charge < -0.3 is 15.0 Å². The maximum Gasteiger partial charge on any atom is 0.345 e. The highest BCUT2D eigenvalue weighted by Gasteiger charge is 2.31. The van der Waals surface area contributed by atoms with Gasteiger partial charge in [0.25, 0.3) is 0 Å². The number of hydrogen-bond acceptors (Lipinski definition) is 4. The molecule has 0 saturated carbocycles. The number of primary amides is 1. The first-order valence-corrected chi connectivity index (χ1v) is 7.43.